The van der Waals surface area contributed by atoms with Gasteiger partial charge in [0.2, 0.25) is 0 Å². The van der Waals surface area contributed by atoms with Gasteiger partial charge in [0.1, 0.15) is 0 Å². The van der Waals surface area contributed by atoms with Crippen LogP contribution < -0.4 is 5.32 Å². The lowest BCUT2D eigenvalue weighted by atomic mass is 10.2. The van der Waals surface area contributed by atoms with Crippen LogP contribution in [0.4, 0.5) is 5.69 Å². The molecule has 0 unspecified atom stereocenters. The Bertz CT molecular complexity index is 523. The van der Waals surface area contributed by atoms with Crippen molar-refractivity contribution in [1.29, 1.82) is 0 Å². The van der Waals surface area contributed by atoms with Crippen molar-refractivity contribution >= 4 is 37.5 Å². The lowest BCUT2D eigenvalue weighted by molar-refractivity contribution is 1.13. The Morgan fingerprint density at radius 1 is 1.06 bits per heavy atom. The molecule has 2 aromatic carbocycles. The first-order valence-electron chi connectivity index (χ1n) is 5.40. The first-order valence-corrected chi connectivity index (χ1v) is 6.99. The SMILES string of the molecule is Cc1ccc(Br)cc1NCc1ccccc1Br. The second-order valence-corrected chi connectivity index (χ2v) is 5.67. The lowest BCUT2D eigenvalue weighted by Gasteiger charge is -2.11. The molecule has 0 saturated heterocycles. The summed E-state index contributed by atoms with van der Waals surface area (Å²) in [6.07, 6.45) is 0. The van der Waals surface area contributed by atoms with Crippen molar-refractivity contribution in [3.63, 3.8) is 0 Å². The molecule has 0 aliphatic heterocycles. The van der Waals surface area contributed by atoms with E-state index < -0.39 is 0 Å². The van der Waals surface area contributed by atoms with E-state index in [1.54, 1.807) is 0 Å². The van der Waals surface area contributed by atoms with E-state index in [0.29, 0.717) is 0 Å². The molecule has 17 heavy (non-hydrogen) atoms. The molecule has 0 spiro atoms. The van der Waals surface area contributed by atoms with Crippen molar-refractivity contribution in [2.24, 2.45) is 0 Å². The van der Waals surface area contributed by atoms with Crippen molar-refractivity contribution < 1.29 is 0 Å². The molecule has 0 fully saturated rings. The molecule has 1 N–H and O–H groups in total. The van der Waals surface area contributed by atoms with Gasteiger partial charge in [0.05, 0.1) is 0 Å². The summed E-state index contributed by atoms with van der Waals surface area (Å²) in [5, 5.41) is 3.45. The number of nitrogens with one attached hydrogen (secondary N) is 1. The summed E-state index contributed by atoms with van der Waals surface area (Å²) in [4.78, 5) is 0. The van der Waals surface area contributed by atoms with Crippen molar-refractivity contribution in [3.05, 3.63) is 62.5 Å². The van der Waals surface area contributed by atoms with Gasteiger partial charge in [-0.05, 0) is 36.2 Å². The summed E-state index contributed by atoms with van der Waals surface area (Å²) < 4.78 is 2.23. The number of halogens is 2. The van der Waals surface area contributed by atoms with Crippen LogP contribution >= 0.6 is 31.9 Å². The van der Waals surface area contributed by atoms with Crippen LogP contribution in [0.15, 0.2) is 51.4 Å². The van der Waals surface area contributed by atoms with Crippen molar-refractivity contribution in [3.8, 4) is 0 Å². The fourth-order valence-electron chi connectivity index (χ4n) is 1.62. The van der Waals surface area contributed by atoms with Gasteiger partial charge in [0, 0.05) is 21.2 Å². The molecular formula is C14H13Br2N. The number of hydrogen-bond acceptors (Lipinski definition) is 1. The van der Waals surface area contributed by atoms with Gasteiger partial charge in [-0.2, -0.15) is 0 Å². The molecule has 3 heteroatoms. The van der Waals surface area contributed by atoms with Gasteiger partial charge < -0.3 is 5.32 Å². The van der Waals surface area contributed by atoms with Crippen LogP contribution in [0.2, 0.25) is 0 Å². The molecule has 0 aliphatic rings. The zero-order valence-corrected chi connectivity index (χ0v) is 12.7. The van der Waals surface area contributed by atoms with Crippen molar-refractivity contribution in [2.45, 2.75) is 13.5 Å². The van der Waals surface area contributed by atoms with Crippen LogP contribution in [0.25, 0.3) is 0 Å². The number of benzene rings is 2. The summed E-state index contributed by atoms with van der Waals surface area (Å²) >= 11 is 7.04. The first-order chi connectivity index (χ1) is 8.16. The van der Waals surface area contributed by atoms with Crippen LogP contribution in [-0.2, 0) is 6.54 Å². The van der Waals surface area contributed by atoms with Crippen LogP contribution in [0.5, 0.6) is 0 Å². The average molecular weight is 355 g/mol. The molecule has 2 aromatic rings. The van der Waals surface area contributed by atoms with Gasteiger partial charge in [-0.1, -0.05) is 56.1 Å². The summed E-state index contributed by atoms with van der Waals surface area (Å²) in [5.74, 6) is 0. The maximum Gasteiger partial charge on any atom is 0.0412 e. The van der Waals surface area contributed by atoms with Crippen LogP contribution in [-0.4, -0.2) is 0 Å². The number of anilines is 1. The number of aryl methyl sites for hydroxylation is 1. The van der Waals surface area contributed by atoms with Crippen LogP contribution in [0, 0.1) is 6.92 Å². The molecule has 0 amide bonds. The average Bonchev–Trinajstić information content (AvgIpc) is 2.32. The van der Waals surface area contributed by atoms with Gasteiger partial charge in [-0.3, -0.25) is 0 Å². The maximum atomic E-state index is 3.55. The summed E-state index contributed by atoms with van der Waals surface area (Å²) in [7, 11) is 0. The Kier molecular flexibility index (Phi) is 4.24. The van der Waals surface area contributed by atoms with Gasteiger partial charge in [0.15, 0.2) is 0 Å². The molecule has 0 aliphatic carbocycles. The Morgan fingerprint density at radius 2 is 1.82 bits per heavy atom. The van der Waals surface area contributed by atoms with Crippen molar-refractivity contribution in [2.75, 3.05) is 5.32 Å². The third kappa shape index (κ3) is 3.33. The molecule has 0 atom stereocenters. The van der Waals surface area contributed by atoms with Gasteiger partial charge in [-0.25, -0.2) is 0 Å². The maximum absolute atomic E-state index is 3.55. The predicted molar refractivity (Wildman–Crippen MR) is 80.3 cm³/mol. The highest BCUT2D eigenvalue weighted by molar-refractivity contribution is 9.10. The number of hydrogen-bond donors (Lipinski definition) is 1. The van der Waals surface area contributed by atoms with E-state index in [1.807, 2.05) is 6.07 Å². The van der Waals surface area contributed by atoms with E-state index in [9.17, 15) is 0 Å². The fourth-order valence-corrected chi connectivity index (χ4v) is 2.40. The molecule has 0 radical (unpaired) electrons. The topological polar surface area (TPSA) is 12.0 Å². The summed E-state index contributed by atoms with van der Waals surface area (Å²) in [6.45, 7) is 2.92. The fraction of sp³-hybridized carbons (Fsp3) is 0.143. The van der Waals surface area contributed by atoms with E-state index >= 15 is 0 Å². The lowest BCUT2D eigenvalue weighted by Crippen LogP contribution is -2.01. The quantitative estimate of drug-likeness (QED) is 0.805. The van der Waals surface area contributed by atoms with Gasteiger partial charge in [-0.15, -0.1) is 0 Å². The minimum absolute atomic E-state index is 0.818. The normalized spacial score (nSPS) is 10.3. The third-order valence-electron chi connectivity index (χ3n) is 2.63. The van der Waals surface area contributed by atoms with E-state index in [-0.39, 0.29) is 0 Å². The Balaban J connectivity index is 2.12. The van der Waals surface area contributed by atoms with Crippen LogP contribution in [0.3, 0.4) is 0 Å². The highest BCUT2D eigenvalue weighted by atomic mass is 79.9. The Hall–Kier alpha value is -0.800. The second kappa shape index (κ2) is 5.69. The van der Waals surface area contributed by atoms with E-state index in [4.69, 9.17) is 0 Å². The molecule has 0 bridgehead atoms. The smallest absolute Gasteiger partial charge is 0.0412 e. The highest BCUT2D eigenvalue weighted by Gasteiger charge is 2.01. The second-order valence-electron chi connectivity index (χ2n) is 3.90. The van der Waals surface area contributed by atoms with Gasteiger partial charge in [0.25, 0.3) is 0 Å². The van der Waals surface area contributed by atoms with E-state index in [1.165, 1.54) is 11.1 Å². The monoisotopic (exact) mass is 353 g/mol. The number of rotatable bonds is 3. The molecule has 0 saturated carbocycles. The van der Waals surface area contributed by atoms with E-state index in [2.05, 4.69) is 80.5 Å². The third-order valence-corrected chi connectivity index (χ3v) is 3.89. The molecule has 1 nitrogen and oxygen atoms in total. The summed E-state index contributed by atoms with van der Waals surface area (Å²) in [6, 6.07) is 14.5. The highest BCUT2D eigenvalue weighted by Crippen LogP contribution is 2.22. The summed E-state index contributed by atoms with van der Waals surface area (Å²) in [5.41, 5.74) is 3.67. The van der Waals surface area contributed by atoms with E-state index in [0.717, 1.165) is 21.2 Å². The van der Waals surface area contributed by atoms with Crippen molar-refractivity contribution in [1.82, 2.24) is 0 Å². The molecular weight excluding hydrogens is 342 g/mol. The predicted octanol–water partition coefficient (Wildman–Crippen LogP) is 5.13. The van der Waals surface area contributed by atoms with Gasteiger partial charge >= 0.3 is 0 Å². The largest absolute Gasteiger partial charge is 0.381 e. The Labute approximate surface area is 119 Å². The first kappa shape index (κ1) is 12.7. The molecule has 88 valence electrons. The zero-order chi connectivity index (χ0) is 12.3. The zero-order valence-electron chi connectivity index (χ0n) is 9.50. The van der Waals surface area contributed by atoms with Crippen LogP contribution in [0.1, 0.15) is 11.1 Å². The standard InChI is InChI=1S/C14H13Br2N/c1-10-6-7-12(15)8-14(10)17-9-11-4-2-3-5-13(11)16/h2-8,17H,9H2,1H3. The Morgan fingerprint density at radius 3 is 2.59 bits per heavy atom. The minimum atomic E-state index is 0.818. The molecule has 2 rings (SSSR count). The minimum Gasteiger partial charge on any atom is -0.381 e. The molecule has 0 aromatic heterocycles. The molecule has 0 heterocycles.